The van der Waals surface area contributed by atoms with Crippen LogP contribution in [-0.2, 0) is 4.74 Å². The number of nitrogens with one attached hydrogen (secondary N) is 1. The van der Waals surface area contributed by atoms with E-state index in [9.17, 15) is 4.79 Å². The summed E-state index contributed by atoms with van der Waals surface area (Å²) in [6.07, 6.45) is -1.48. The molecule has 5 nitrogen and oxygen atoms in total. The molecule has 1 aromatic carbocycles. The molecule has 5 heteroatoms. The number of methoxy groups -OCH3 is 1. The van der Waals surface area contributed by atoms with E-state index < -0.39 is 12.3 Å². The number of carbonyl (C=O) groups is 1. The summed E-state index contributed by atoms with van der Waals surface area (Å²) in [7, 11) is 1.50. The lowest BCUT2D eigenvalue weighted by Crippen LogP contribution is -2.48. The van der Waals surface area contributed by atoms with Crippen LogP contribution in [0.1, 0.15) is 0 Å². The highest BCUT2D eigenvalue weighted by Crippen LogP contribution is 2.31. The van der Waals surface area contributed by atoms with Crippen molar-refractivity contribution >= 4 is 17.5 Å². The standard InChI is InChI=1S/C10H12N2O3/c1-15-9-6-11-7-4-2-3-5-8(7)12(9)10(13)14/h2-5,9,11H,6H2,1H3,(H,13,14). The Kier molecular flexibility index (Phi) is 2.47. The second kappa shape index (κ2) is 3.78. The molecule has 1 atom stereocenters. The van der Waals surface area contributed by atoms with Gasteiger partial charge >= 0.3 is 6.09 Å². The van der Waals surface area contributed by atoms with E-state index in [-0.39, 0.29) is 0 Å². The first-order valence-electron chi connectivity index (χ1n) is 4.62. The van der Waals surface area contributed by atoms with E-state index in [1.165, 1.54) is 12.0 Å². The molecule has 1 unspecified atom stereocenters. The highest BCUT2D eigenvalue weighted by Gasteiger charge is 2.30. The third-order valence-electron chi connectivity index (χ3n) is 2.40. The number of carboxylic acid groups (broad SMARTS) is 1. The van der Waals surface area contributed by atoms with Gasteiger partial charge in [-0.05, 0) is 12.1 Å². The van der Waals surface area contributed by atoms with Crippen LogP contribution in [0.3, 0.4) is 0 Å². The number of nitrogens with zero attached hydrogens (tertiary/aromatic N) is 1. The molecule has 0 spiro atoms. The van der Waals surface area contributed by atoms with Crippen LogP contribution in [0.4, 0.5) is 16.2 Å². The summed E-state index contributed by atoms with van der Waals surface area (Å²) in [6.45, 7) is 0.458. The van der Waals surface area contributed by atoms with Crippen molar-refractivity contribution in [2.75, 3.05) is 23.9 Å². The van der Waals surface area contributed by atoms with Gasteiger partial charge in [-0.2, -0.15) is 0 Å². The maximum absolute atomic E-state index is 11.1. The summed E-state index contributed by atoms with van der Waals surface area (Å²) in [6, 6.07) is 7.26. The summed E-state index contributed by atoms with van der Waals surface area (Å²) < 4.78 is 5.10. The summed E-state index contributed by atoms with van der Waals surface area (Å²) in [5, 5.41) is 12.2. The number of hydrogen-bond donors (Lipinski definition) is 2. The van der Waals surface area contributed by atoms with E-state index in [1.54, 1.807) is 12.1 Å². The molecule has 1 heterocycles. The molecule has 0 saturated heterocycles. The third-order valence-corrected chi connectivity index (χ3v) is 2.40. The van der Waals surface area contributed by atoms with Crippen LogP contribution >= 0.6 is 0 Å². The number of rotatable bonds is 1. The van der Waals surface area contributed by atoms with Crippen molar-refractivity contribution in [2.45, 2.75) is 6.23 Å². The van der Waals surface area contributed by atoms with E-state index in [0.29, 0.717) is 12.2 Å². The van der Waals surface area contributed by atoms with Crippen LogP contribution in [0.2, 0.25) is 0 Å². The minimum atomic E-state index is -1.00. The van der Waals surface area contributed by atoms with Gasteiger partial charge in [0.1, 0.15) is 0 Å². The van der Waals surface area contributed by atoms with Gasteiger partial charge in [-0.25, -0.2) is 9.69 Å². The quantitative estimate of drug-likeness (QED) is 0.735. The molecule has 0 aromatic heterocycles. The molecular weight excluding hydrogens is 196 g/mol. The van der Waals surface area contributed by atoms with Gasteiger partial charge < -0.3 is 15.2 Å². The van der Waals surface area contributed by atoms with E-state index >= 15 is 0 Å². The van der Waals surface area contributed by atoms with Crippen LogP contribution < -0.4 is 10.2 Å². The maximum Gasteiger partial charge on any atom is 0.414 e. The van der Waals surface area contributed by atoms with Crippen LogP contribution in [0.5, 0.6) is 0 Å². The molecule has 0 aliphatic carbocycles. The summed E-state index contributed by atoms with van der Waals surface area (Å²) in [4.78, 5) is 12.3. The first-order valence-corrected chi connectivity index (χ1v) is 4.62. The van der Waals surface area contributed by atoms with Gasteiger partial charge in [0.15, 0.2) is 6.23 Å². The van der Waals surface area contributed by atoms with E-state index in [4.69, 9.17) is 9.84 Å². The number of benzene rings is 1. The highest BCUT2D eigenvalue weighted by atomic mass is 16.5. The van der Waals surface area contributed by atoms with Crippen molar-refractivity contribution in [3.8, 4) is 0 Å². The summed E-state index contributed by atoms with van der Waals surface area (Å²) in [5.41, 5.74) is 1.44. The van der Waals surface area contributed by atoms with Crippen molar-refractivity contribution in [2.24, 2.45) is 0 Å². The Morgan fingerprint density at radius 3 is 3.00 bits per heavy atom. The van der Waals surface area contributed by atoms with Gasteiger partial charge in [0.2, 0.25) is 0 Å². The zero-order valence-corrected chi connectivity index (χ0v) is 8.30. The predicted molar refractivity (Wildman–Crippen MR) is 56.2 cm³/mol. The van der Waals surface area contributed by atoms with Crippen LogP contribution in [-0.4, -0.2) is 31.1 Å². The molecule has 0 bridgehead atoms. The Labute approximate surface area is 87.3 Å². The molecule has 0 saturated carbocycles. The Morgan fingerprint density at radius 2 is 2.33 bits per heavy atom. The van der Waals surface area contributed by atoms with Gasteiger partial charge in [0, 0.05) is 7.11 Å². The molecular formula is C10H12N2O3. The highest BCUT2D eigenvalue weighted by molar-refractivity contribution is 5.92. The van der Waals surface area contributed by atoms with Crippen LogP contribution in [0.15, 0.2) is 24.3 Å². The third kappa shape index (κ3) is 1.61. The van der Waals surface area contributed by atoms with E-state index in [2.05, 4.69) is 5.32 Å². The van der Waals surface area contributed by atoms with Gasteiger partial charge in [-0.1, -0.05) is 12.1 Å². The van der Waals surface area contributed by atoms with E-state index in [0.717, 1.165) is 5.69 Å². The van der Waals surface area contributed by atoms with Gasteiger partial charge in [0.05, 0.1) is 17.9 Å². The smallest absolute Gasteiger partial charge is 0.414 e. The number of ether oxygens (including phenoxy) is 1. The SMILES string of the molecule is COC1CNc2ccccc2N1C(=O)O. The van der Waals surface area contributed by atoms with Gasteiger partial charge in [0.25, 0.3) is 0 Å². The average Bonchev–Trinajstić information content (AvgIpc) is 2.27. The minimum Gasteiger partial charge on any atom is -0.465 e. The second-order valence-electron chi connectivity index (χ2n) is 3.24. The molecule has 2 N–H and O–H groups in total. The second-order valence-corrected chi connectivity index (χ2v) is 3.24. The molecule has 1 aliphatic heterocycles. The molecule has 80 valence electrons. The fourth-order valence-corrected chi connectivity index (χ4v) is 1.69. The Morgan fingerprint density at radius 1 is 1.60 bits per heavy atom. The molecule has 15 heavy (non-hydrogen) atoms. The molecule has 0 fully saturated rings. The Bertz CT molecular complexity index is 381. The van der Waals surface area contributed by atoms with Crippen LogP contribution in [0.25, 0.3) is 0 Å². The lowest BCUT2D eigenvalue weighted by atomic mass is 10.2. The normalized spacial score (nSPS) is 19.3. The lowest BCUT2D eigenvalue weighted by molar-refractivity contribution is 0.102. The number of para-hydroxylation sites is 2. The molecule has 1 aromatic rings. The minimum absolute atomic E-state index is 0.458. The zero-order chi connectivity index (χ0) is 10.8. The Hall–Kier alpha value is -1.75. The molecule has 1 aliphatic rings. The van der Waals surface area contributed by atoms with Crippen molar-refractivity contribution in [3.63, 3.8) is 0 Å². The number of amides is 1. The lowest BCUT2D eigenvalue weighted by Gasteiger charge is -2.34. The fourth-order valence-electron chi connectivity index (χ4n) is 1.69. The first kappa shape index (κ1) is 9.79. The monoisotopic (exact) mass is 208 g/mol. The van der Waals surface area contributed by atoms with Crippen molar-refractivity contribution in [3.05, 3.63) is 24.3 Å². The molecule has 0 radical (unpaired) electrons. The average molecular weight is 208 g/mol. The van der Waals surface area contributed by atoms with Crippen molar-refractivity contribution in [1.29, 1.82) is 0 Å². The van der Waals surface area contributed by atoms with Crippen molar-refractivity contribution in [1.82, 2.24) is 0 Å². The molecule has 1 amide bonds. The largest absolute Gasteiger partial charge is 0.465 e. The fraction of sp³-hybridized carbons (Fsp3) is 0.300. The number of anilines is 2. The first-order chi connectivity index (χ1) is 7.24. The number of hydrogen-bond acceptors (Lipinski definition) is 3. The number of fused-ring (bicyclic) bond motifs is 1. The van der Waals surface area contributed by atoms with E-state index in [1.807, 2.05) is 12.1 Å². The molecule has 2 rings (SSSR count). The summed E-state index contributed by atoms with van der Waals surface area (Å²) in [5.74, 6) is 0. The van der Waals surface area contributed by atoms with Crippen molar-refractivity contribution < 1.29 is 14.6 Å². The summed E-state index contributed by atoms with van der Waals surface area (Å²) >= 11 is 0. The topological polar surface area (TPSA) is 61.8 Å². The zero-order valence-electron chi connectivity index (χ0n) is 8.30. The van der Waals surface area contributed by atoms with Gasteiger partial charge in [-0.15, -0.1) is 0 Å². The van der Waals surface area contributed by atoms with Crippen LogP contribution in [0, 0.1) is 0 Å². The predicted octanol–water partition coefficient (Wildman–Crippen LogP) is 1.57. The maximum atomic E-state index is 11.1. The van der Waals surface area contributed by atoms with Gasteiger partial charge in [-0.3, -0.25) is 0 Å². The Balaban J connectivity index is 2.43.